The largest absolute Gasteiger partial charge is 0.481 e. The fourth-order valence-electron chi connectivity index (χ4n) is 1.50. The summed E-state index contributed by atoms with van der Waals surface area (Å²) in [5, 5.41) is 8.61. The van der Waals surface area contributed by atoms with Crippen LogP contribution in [0.3, 0.4) is 0 Å². The van der Waals surface area contributed by atoms with Gasteiger partial charge < -0.3 is 5.11 Å². The average Bonchev–Trinajstić information content (AvgIpc) is 1.80. The van der Waals surface area contributed by atoms with Gasteiger partial charge in [0, 0.05) is 5.92 Å². The van der Waals surface area contributed by atoms with Gasteiger partial charge >= 0.3 is 13.8 Å². The van der Waals surface area contributed by atoms with Gasteiger partial charge in [-0.2, -0.15) is 0 Å². The third kappa shape index (κ3) is 7.92. The molecule has 2 unspecified atom stereocenters. The molecule has 0 heterocycles. The Morgan fingerprint density at radius 3 is 2.31 bits per heavy atom. The highest BCUT2D eigenvalue weighted by atomic mass is 31.1. The highest BCUT2D eigenvalue weighted by Gasteiger charge is 2.22. The van der Waals surface area contributed by atoms with Crippen LogP contribution in [0.25, 0.3) is 0 Å². The van der Waals surface area contributed by atoms with Gasteiger partial charge in [-0.05, 0) is 12.3 Å². The first-order chi connectivity index (χ1) is 5.91. The lowest BCUT2D eigenvalue weighted by Crippen LogP contribution is -2.12. The molecule has 0 aromatic rings. The molecule has 0 aliphatic carbocycles. The summed E-state index contributed by atoms with van der Waals surface area (Å²) in [6.45, 7) is 5.76. The molecule has 4 heteroatoms. The number of carboxylic acid groups (broad SMARTS) is 1. The maximum Gasteiger partial charge on any atom is 0.335 e. The van der Waals surface area contributed by atoms with Gasteiger partial charge in [-0.1, -0.05) is 18.4 Å². The highest BCUT2D eigenvalue weighted by Crippen LogP contribution is 2.26. The molecule has 0 bridgehead atoms. The molecule has 3 nitrogen and oxygen atoms in total. The van der Waals surface area contributed by atoms with Crippen LogP contribution in [-0.2, 0) is 9.36 Å². The lowest BCUT2D eigenvalue weighted by molar-refractivity contribution is -0.138. The van der Waals surface area contributed by atoms with E-state index in [9.17, 15) is 9.36 Å². The van der Waals surface area contributed by atoms with Crippen LogP contribution in [0.1, 0.15) is 26.7 Å². The number of carbonyl (C=O) groups is 1. The summed E-state index contributed by atoms with van der Waals surface area (Å²) in [5.74, 6) is -0.243. The number of carboxylic acids is 1. The normalized spacial score (nSPS) is 14.3. The van der Waals surface area contributed by atoms with Gasteiger partial charge in [0.05, 0.1) is 6.42 Å². The third-order valence-electron chi connectivity index (χ3n) is 1.78. The number of aliphatic carboxylic acids is 1. The monoisotopic (exact) mass is 205 g/mol. The quantitative estimate of drug-likeness (QED) is 0.678. The molecular formula is C9H18O3P+. The first-order valence-corrected chi connectivity index (χ1v) is 6.41. The van der Waals surface area contributed by atoms with E-state index in [4.69, 9.17) is 5.11 Å². The minimum atomic E-state index is -1.21. The van der Waals surface area contributed by atoms with Gasteiger partial charge in [0.15, 0.2) is 0 Å². The zero-order valence-electron chi connectivity index (χ0n) is 8.49. The van der Waals surface area contributed by atoms with Crippen LogP contribution < -0.4 is 0 Å². The zero-order chi connectivity index (χ0) is 10.4. The second kappa shape index (κ2) is 6.09. The molecule has 0 aliphatic rings. The smallest absolute Gasteiger partial charge is 0.335 e. The van der Waals surface area contributed by atoms with Crippen molar-refractivity contribution in [3.05, 3.63) is 0 Å². The Balaban J connectivity index is 4.02. The van der Waals surface area contributed by atoms with Crippen LogP contribution in [0.15, 0.2) is 0 Å². The Bertz CT molecular complexity index is 173. The molecule has 1 N–H and O–H groups in total. The van der Waals surface area contributed by atoms with Crippen molar-refractivity contribution in [2.75, 3.05) is 12.8 Å². The van der Waals surface area contributed by atoms with E-state index in [-0.39, 0.29) is 12.3 Å². The van der Waals surface area contributed by atoms with Gasteiger partial charge in [-0.15, -0.1) is 0 Å². The number of hydrogen-bond acceptors (Lipinski definition) is 2. The second-order valence-corrected chi connectivity index (χ2v) is 5.52. The molecule has 76 valence electrons. The molecule has 13 heavy (non-hydrogen) atoms. The van der Waals surface area contributed by atoms with E-state index in [1.807, 2.05) is 0 Å². The summed E-state index contributed by atoms with van der Waals surface area (Å²) in [7, 11) is -1.21. The Labute approximate surface area is 80.3 Å². The standard InChI is InChI=1S/C9H17O3P/c1-7(2)4-8(5-9(10)11)6-13(3)12/h7-8H,4-6H2,1-3H3/p+1. The molecule has 0 rings (SSSR count). The summed E-state index contributed by atoms with van der Waals surface area (Å²) >= 11 is 0. The fraction of sp³-hybridized carbons (Fsp3) is 0.889. The zero-order valence-corrected chi connectivity index (χ0v) is 9.38. The summed E-state index contributed by atoms with van der Waals surface area (Å²) in [6.07, 6.45) is 1.54. The first kappa shape index (κ1) is 12.6. The molecule has 2 atom stereocenters. The van der Waals surface area contributed by atoms with Crippen LogP contribution in [0, 0.1) is 11.8 Å². The van der Waals surface area contributed by atoms with Crippen LogP contribution in [-0.4, -0.2) is 23.9 Å². The van der Waals surface area contributed by atoms with Crippen molar-refractivity contribution in [2.24, 2.45) is 11.8 Å². The van der Waals surface area contributed by atoms with E-state index in [0.29, 0.717) is 12.1 Å². The maximum atomic E-state index is 11.0. The molecular weight excluding hydrogens is 187 g/mol. The van der Waals surface area contributed by atoms with Gasteiger partial charge in [0.25, 0.3) is 0 Å². The minimum Gasteiger partial charge on any atom is -0.481 e. The lowest BCUT2D eigenvalue weighted by atomic mass is 9.96. The van der Waals surface area contributed by atoms with E-state index in [0.717, 1.165) is 6.42 Å². The SMILES string of the molecule is CC(C)CC(CC(=O)O)C[P+](C)=O. The van der Waals surface area contributed by atoms with Gasteiger partial charge in [0.1, 0.15) is 12.8 Å². The Kier molecular flexibility index (Phi) is 5.89. The van der Waals surface area contributed by atoms with Crippen LogP contribution in [0.4, 0.5) is 0 Å². The van der Waals surface area contributed by atoms with Crippen molar-refractivity contribution >= 4 is 13.8 Å². The second-order valence-electron chi connectivity index (χ2n) is 3.90. The molecule has 0 fully saturated rings. The topological polar surface area (TPSA) is 54.4 Å². The van der Waals surface area contributed by atoms with E-state index in [1.165, 1.54) is 0 Å². The molecule has 0 spiro atoms. The summed E-state index contributed by atoms with van der Waals surface area (Å²) in [4.78, 5) is 10.5. The van der Waals surface area contributed by atoms with Gasteiger partial charge in [-0.25, -0.2) is 0 Å². The average molecular weight is 205 g/mol. The van der Waals surface area contributed by atoms with E-state index in [2.05, 4.69) is 13.8 Å². The van der Waals surface area contributed by atoms with Crippen LogP contribution >= 0.6 is 7.80 Å². The fourth-order valence-corrected chi connectivity index (χ4v) is 2.51. The Morgan fingerprint density at radius 2 is 2.00 bits per heavy atom. The molecule has 0 amide bonds. The maximum absolute atomic E-state index is 11.0. The third-order valence-corrected chi connectivity index (χ3v) is 2.81. The first-order valence-electron chi connectivity index (χ1n) is 4.51. The van der Waals surface area contributed by atoms with Gasteiger partial charge in [-0.3, -0.25) is 4.79 Å². The van der Waals surface area contributed by atoms with Crippen molar-refractivity contribution in [3.8, 4) is 0 Å². The van der Waals surface area contributed by atoms with Crippen LogP contribution in [0.5, 0.6) is 0 Å². The molecule has 0 aromatic carbocycles. The number of rotatable bonds is 6. The highest BCUT2D eigenvalue weighted by molar-refractivity contribution is 7.43. The molecule has 0 saturated carbocycles. The molecule has 0 aromatic heterocycles. The molecule has 0 aliphatic heterocycles. The number of hydrogen-bond donors (Lipinski definition) is 1. The van der Waals surface area contributed by atoms with Crippen molar-refractivity contribution in [3.63, 3.8) is 0 Å². The summed E-state index contributed by atoms with van der Waals surface area (Å²) < 4.78 is 11.0. The van der Waals surface area contributed by atoms with Crippen molar-refractivity contribution in [1.82, 2.24) is 0 Å². The predicted molar refractivity (Wildman–Crippen MR) is 53.6 cm³/mol. The minimum absolute atomic E-state index is 0.0751. The Hall–Kier alpha value is -0.430. The van der Waals surface area contributed by atoms with Crippen molar-refractivity contribution in [2.45, 2.75) is 26.7 Å². The summed E-state index contributed by atoms with van der Waals surface area (Å²) in [6, 6.07) is 0. The summed E-state index contributed by atoms with van der Waals surface area (Å²) in [5.41, 5.74) is 0. The van der Waals surface area contributed by atoms with Crippen molar-refractivity contribution < 1.29 is 14.5 Å². The van der Waals surface area contributed by atoms with E-state index in [1.54, 1.807) is 6.66 Å². The predicted octanol–water partition coefficient (Wildman–Crippen LogP) is 2.58. The molecule has 0 saturated heterocycles. The van der Waals surface area contributed by atoms with E-state index < -0.39 is 13.8 Å². The van der Waals surface area contributed by atoms with Crippen LogP contribution in [0.2, 0.25) is 0 Å². The molecule has 0 radical (unpaired) electrons. The lowest BCUT2D eigenvalue weighted by Gasteiger charge is -2.11. The van der Waals surface area contributed by atoms with Crippen molar-refractivity contribution in [1.29, 1.82) is 0 Å². The van der Waals surface area contributed by atoms with E-state index >= 15 is 0 Å². The van der Waals surface area contributed by atoms with Gasteiger partial charge in [0.2, 0.25) is 0 Å². The Morgan fingerprint density at radius 1 is 1.46 bits per heavy atom.